The van der Waals surface area contributed by atoms with Gasteiger partial charge in [0.1, 0.15) is 33.5 Å². The highest BCUT2D eigenvalue weighted by Crippen LogP contribution is 2.39. The Labute approximate surface area is 318 Å². The van der Waals surface area contributed by atoms with Crippen LogP contribution in [0.4, 0.5) is 70.2 Å². The molecule has 0 aliphatic heterocycles. The van der Waals surface area contributed by atoms with E-state index in [0.717, 1.165) is 24.3 Å². The van der Waals surface area contributed by atoms with Gasteiger partial charge in [0.15, 0.2) is 0 Å². The summed E-state index contributed by atoms with van der Waals surface area (Å²) in [6.45, 7) is 0. The van der Waals surface area contributed by atoms with Crippen LogP contribution < -0.4 is 22.5 Å². The quantitative estimate of drug-likeness (QED) is 0.114. The van der Waals surface area contributed by atoms with Crippen LogP contribution in [-0.4, -0.2) is 51.8 Å². The van der Waals surface area contributed by atoms with Gasteiger partial charge >= 0.3 is 36.1 Å². The number of fused-ring (bicyclic) bond motifs is 2. The summed E-state index contributed by atoms with van der Waals surface area (Å²) in [6.07, 6.45) is -29.5. The molecule has 0 spiro atoms. The number of aromatic nitrogens is 8. The Hall–Kier alpha value is -6.38. The highest BCUT2D eigenvalue weighted by Gasteiger charge is 2.39. The van der Waals surface area contributed by atoms with Crippen LogP contribution >= 0.6 is 0 Å². The maximum absolute atomic E-state index is 13.3. The van der Waals surface area contributed by atoms with E-state index in [-0.39, 0.29) is 11.1 Å². The van der Waals surface area contributed by atoms with E-state index in [1.807, 2.05) is 9.97 Å². The highest BCUT2D eigenvalue weighted by atomic mass is 19.4. The molecule has 2 atom stereocenters. The molecule has 28 heteroatoms. The molecule has 0 fully saturated rings. The second-order valence-corrected chi connectivity index (χ2v) is 12.4. The number of alkyl halides is 16. The number of H-pyrrole nitrogens is 4. The van der Waals surface area contributed by atoms with Gasteiger partial charge in [0.05, 0.1) is 36.1 Å². The van der Waals surface area contributed by atoms with E-state index in [2.05, 4.69) is 10.2 Å². The Balaban J connectivity index is 0.000000228. The Morgan fingerprint density at radius 3 is 1.03 bits per heavy atom. The molecule has 0 radical (unpaired) electrons. The number of nitrogens with one attached hydrogen (secondary N) is 4. The largest absolute Gasteiger partial charge is 0.416 e. The van der Waals surface area contributed by atoms with Gasteiger partial charge in [-0.3, -0.25) is 29.5 Å². The normalized spacial score (nSPS) is 13.9. The topological polar surface area (TPSA) is 167 Å². The molecule has 0 unspecified atom stereocenters. The fraction of sp³-hybridized carbons (Fsp3) is 0.312. The minimum absolute atomic E-state index is 0.355. The maximum Gasteiger partial charge on any atom is 0.416 e. The van der Waals surface area contributed by atoms with Crippen LogP contribution in [0.3, 0.4) is 0 Å². The predicted octanol–water partition coefficient (Wildman–Crippen LogP) is 7.82. The fourth-order valence-corrected chi connectivity index (χ4v) is 5.87. The third-order valence-electron chi connectivity index (χ3n) is 8.35. The van der Waals surface area contributed by atoms with Crippen molar-refractivity contribution in [1.29, 1.82) is 0 Å². The first-order valence-electron chi connectivity index (χ1n) is 16.1. The van der Waals surface area contributed by atoms with Crippen molar-refractivity contribution in [2.24, 2.45) is 0 Å². The number of hydrogen-bond donors (Lipinski definition) is 4. The van der Waals surface area contributed by atoms with Gasteiger partial charge in [-0.05, 0) is 35.4 Å². The molecule has 324 valence electrons. The third kappa shape index (κ3) is 9.89. The van der Waals surface area contributed by atoms with Gasteiger partial charge in [0.2, 0.25) is 0 Å². The molecule has 4 aromatic heterocycles. The molecule has 12 nitrogen and oxygen atoms in total. The van der Waals surface area contributed by atoms with E-state index in [9.17, 15) is 89.4 Å². The zero-order valence-electron chi connectivity index (χ0n) is 28.8. The molecule has 6 rings (SSSR count). The lowest BCUT2D eigenvalue weighted by atomic mass is 10.0. The summed E-state index contributed by atoms with van der Waals surface area (Å²) in [4.78, 5) is 54.2. The zero-order valence-corrected chi connectivity index (χ0v) is 28.8. The number of rotatable bonds is 8. The van der Waals surface area contributed by atoms with Gasteiger partial charge in [-0.25, -0.2) is 36.5 Å². The van der Waals surface area contributed by atoms with Gasteiger partial charge in [-0.2, -0.15) is 62.9 Å². The summed E-state index contributed by atoms with van der Waals surface area (Å²) in [5.41, 5.74) is -11.7. The van der Waals surface area contributed by atoms with Crippen LogP contribution in [0.5, 0.6) is 0 Å². The van der Waals surface area contributed by atoms with Crippen LogP contribution in [0, 0.1) is 0 Å². The fourth-order valence-electron chi connectivity index (χ4n) is 5.87. The number of benzene rings is 2. The second kappa shape index (κ2) is 16.0. The van der Waals surface area contributed by atoms with Crippen molar-refractivity contribution in [1.82, 2.24) is 39.5 Å². The SMILES string of the molecule is O=c1[nH]c(=O)c2c(C(F)F)nn([C@@H](CC(F)(F)F)c3ccc(C(F)(F)F)cc3)c2[nH]1.O=c1[nH]c(=O)c2c(C(F)F)nn([C@H](CC(F)(F)F)c3ccc(C(F)(F)F)cc3)c2[nH]1. The Morgan fingerprint density at radius 1 is 0.483 bits per heavy atom. The van der Waals surface area contributed by atoms with Crippen molar-refractivity contribution in [2.45, 2.75) is 62.5 Å². The molecule has 0 saturated heterocycles. The van der Waals surface area contributed by atoms with Gasteiger partial charge in [-0.1, -0.05) is 24.3 Å². The van der Waals surface area contributed by atoms with Crippen molar-refractivity contribution in [3.05, 3.63) is 124 Å². The van der Waals surface area contributed by atoms with Crippen LogP contribution in [0.2, 0.25) is 0 Å². The summed E-state index contributed by atoms with van der Waals surface area (Å²) in [6, 6.07) is 1.17. The molecule has 60 heavy (non-hydrogen) atoms. The van der Waals surface area contributed by atoms with Crippen LogP contribution in [0.25, 0.3) is 22.1 Å². The van der Waals surface area contributed by atoms with Crippen LogP contribution in [0.1, 0.15) is 71.4 Å². The Morgan fingerprint density at radius 2 is 0.783 bits per heavy atom. The zero-order chi connectivity index (χ0) is 44.9. The van der Waals surface area contributed by atoms with Gasteiger partial charge < -0.3 is 0 Å². The second-order valence-electron chi connectivity index (χ2n) is 12.4. The van der Waals surface area contributed by atoms with E-state index in [1.165, 1.54) is 0 Å². The summed E-state index contributed by atoms with van der Waals surface area (Å²) in [7, 11) is 0. The molecule has 0 amide bonds. The molecular weight excluding hydrogens is 864 g/mol. The maximum atomic E-state index is 13.3. The van der Waals surface area contributed by atoms with E-state index in [1.54, 1.807) is 9.97 Å². The summed E-state index contributed by atoms with van der Waals surface area (Å²) in [5, 5.41) is 5.09. The van der Waals surface area contributed by atoms with Gasteiger partial charge in [0, 0.05) is 0 Å². The standard InChI is InChI=1S/2C16H10F8N4O2/c2*17-11(18)10-9-12(25-14(30)26-13(9)29)28(27-10)8(5-15(19,20)21)6-1-3-7(4-2-6)16(22,23)24/h2*1-4,8,11H,5H2,(H2,25,26,29,30)/t2*8-/m10/s1. The minimum Gasteiger partial charge on any atom is -0.291 e. The van der Waals surface area contributed by atoms with Gasteiger partial charge in [0.25, 0.3) is 24.0 Å². The number of aromatic amines is 4. The van der Waals surface area contributed by atoms with Gasteiger partial charge in [-0.15, -0.1) is 0 Å². The highest BCUT2D eigenvalue weighted by molar-refractivity contribution is 5.78. The van der Waals surface area contributed by atoms with E-state index < -0.39 is 130 Å². The number of nitrogens with zero attached hydrogens (tertiary/aromatic N) is 4. The molecule has 0 saturated carbocycles. The smallest absolute Gasteiger partial charge is 0.291 e. The molecule has 4 N–H and O–H groups in total. The molecule has 6 aromatic rings. The molecular formula is C32H20F16N8O4. The minimum atomic E-state index is -4.89. The summed E-state index contributed by atoms with van der Waals surface area (Å²) in [5.74, 6) is 0. The molecule has 4 heterocycles. The molecule has 0 aliphatic rings. The van der Waals surface area contributed by atoms with Crippen LogP contribution in [-0.2, 0) is 12.4 Å². The Bertz CT molecular complexity index is 2530. The molecule has 0 bridgehead atoms. The lowest BCUT2D eigenvalue weighted by Crippen LogP contribution is -2.25. The van der Waals surface area contributed by atoms with Crippen LogP contribution in [0.15, 0.2) is 67.7 Å². The molecule has 2 aromatic carbocycles. The van der Waals surface area contributed by atoms with E-state index in [0.29, 0.717) is 33.6 Å². The predicted molar refractivity (Wildman–Crippen MR) is 172 cm³/mol. The third-order valence-corrected chi connectivity index (χ3v) is 8.35. The van der Waals surface area contributed by atoms with E-state index in [4.69, 9.17) is 0 Å². The average Bonchev–Trinajstić information content (AvgIpc) is 3.68. The lowest BCUT2D eigenvalue weighted by Gasteiger charge is -2.21. The lowest BCUT2D eigenvalue weighted by molar-refractivity contribution is -0.141. The first kappa shape index (κ1) is 44.7. The van der Waals surface area contributed by atoms with Crippen molar-refractivity contribution in [3.8, 4) is 0 Å². The van der Waals surface area contributed by atoms with Crippen molar-refractivity contribution >= 4 is 22.1 Å². The summed E-state index contributed by atoms with van der Waals surface area (Å²) < 4.78 is 209. The number of halogens is 16. The van der Waals surface area contributed by atoms with Crippen molar-refractivity contribution in [3.63, 3.8) is 0 Å². The monoisotopic (exact) mass is 884 g/mol. The first-order chi connectivity index (χ1) is 27.6. The number of hydrogen-bond acceptors (Lipinski definition) is 6. The van der Waals surface area contributed by atoms with Crippen molar-refractivity contribution < 1.29 is 70.2 Å². The molecule has 0 aliphatic carbocycles. The first-order valence-corrected chi connectivity index (χ1v) is 16.1. The van der Waals surface area contributed by atoms with E-state index >= 15 is 0 Å². The van der Waals surface area contributed by atoms with Crippen molar-refractivity contribution in [2.75, 3.05) is 0 Å². The Kier molecular flexibility index (Phi) is 11.9. The average molecular weight is 885 g/mol. The summed E-state index contributed by atoms with van der Waals surface area (Å²) >= 11 is 0.